The molecule has 0 bridgehead atoms. The molecular weight excluding hydrogens is 348 g/mol. The number of nitrogens with one attached hydrogen (secondary N) is 1. The van der Waals surface area contributed by atoms with Crippen molar-refractivity contribution in [1.82, 2.24) is 4.98 Å². The molecule has 1 aromatic heterocycles. The second-order valence-corrected chi connectivity index (χ2v) is 6.41. The van der Waals surface area contributed by atoms with E-state index in [2.05, 4.69) is 10.3 Å². The fourth-order valence-corrected chi connectivity index (χ4v) is 3.28. The molecule has 1 amide bonds. The third-order valence-electron chi connectivity index (χ3n) is 3.52. The number of ether oxygens (including phenoxy) is 2. The van der Waals surface area contributed by atoms with Gasteiger partial charge in [0.15, 0.2) is 16.6 Å². The summed E-state index contributed by atoms with van der Waals surface area (Å²) in [6.07, 6.45) is 3.22. The summed E-state index contributed by atoms with van der Waals surface area (Å²) in [6, 6.07) is 13.4. The minimum atomic E-state index is -0.226. The van der Waals surface area contributed by atoms with Gasteiger partial charge in [-0.1, -0.05) is 29.5 Å². The summed E-state index contributed by atoms with van der Waals surface area (Å²) < 4.78 is 12.2. The monoisotopic (exact) mass is 368 g/mol. The zero-order valence-electron chi connectivity index (χ0n) is 14.7. The van der Waals surface area contributed by atoms with Gasteiger partial charge in [0.25, 0.3) is 0 Å². The molecule has 2 aromatic carbocycles. The molecule has 0 spiro atoms. The van der Waals surface area contributed by atoms with Crippen LogP contribution in [0, 0.1) is 0 Å². The number of amides is 1. The number of anilines is 1. The highest BCUT2D eigenvalue weighted by molar-refractivity contribution is 7.22. The maximum absolute atomic E-state index is 12.2. The predicted octanol–water partition coefficient (Wildman–Crippen LogP) is 4.75. The SMILES string of the molecule is CCOc1ccc(C=CC(=O)Nc2nc3ccccc3s2)cc1OCC. The maximum atomic E-state index is 12.2. The first-order valence-electron chi connectivity index (χ1n) is 8.44. The summed E-state index contributed by atoms with van der Waals surface area (Å²) in [7, 11) is 0. The van der Waals surface area contributed by atoms with Gasteiger partial charge < -0.3 is 9.47 Å². The molecule has 5 nitrogen and oxygen atoms in total. The summed E-state index contributed by atoms with van der Waals surface area (Å²) in [5, 5.41) is 3.38. The molecule has 26 heavy (non-hydrogen) atoms. The van der Waals surface area contributed by atoms with Gasteiger partial charge in [-0.15, -0.1) is 0 Å². The molecule has 1 N–H and O–H groups in total. The molecule has 0 saturated carbocycles. The largest absolute Gasteiger partial charge is 0.490 e. The first kappa shape index (κ1) is 17.9. The molecule has 0 fully saturated rings. The highest BCUT2D eigenvalue weighted by atomic mass is 32.1. The van der Waals surface area contributed by atoms with Crippen LogP contribution in [0.1, 0.15) is 19.4 Å². The van der Waals surface area contributed by atoms with E-state index in [9.17, 15) is 4.79 Å². The summed E-state index contributed by atoms with van der Waals surface area (Å²) >= 11 is 1.45. The predicted molar refractivity (Wildman–Crippen MR) is 106 cm³/mol. The molecule has 6 heteroatoms. The maximum Gasteiger partial charge on any atom is 0.250 e. The minimum absolute atomic E-state index is 0.226. The van der Waals surface area contributed by atoms with Crippen LogP contribution in [0.3, 0.4) is 0 Å². The van der Waals surface area contributed by atoms with E-state index >= 15 is 0 Å². The Morgan fingerprint density at radius 1 is 1.12 bits per heavy atom. The lowest BCUT2D eigenvalue weighted by Crippen LogP contribution is -2.07. The molecule has 3 aromatic rings. The molecule has 0 saturated heterocycles. The molecule has 0 aliphatic rings. The van der Waals surface area contributed by atoms with E-state index in [0.29, 0.717) is 29.8 Å². The van der Waals surface area contributed by atoms with Crippen molar-refractivity contribution in [3.8, 4) is 11.5 Å². The van der Waals surface area contributed by atoms with E-state index in [0.717, 1.165) is 15.8 Å². The number of rotatable bonds is 7. The van der Waals surface area contributed by atoms with Crippen molar-refractivity contribution in [2.45, 2.75) is 13.8 Å². The lowest BCUT2D eigenvalue weighted by Gasteiger charge is -2.11. The number of hydrogen-bond acceptors (Lipinski definition) is 5. The van der Waals surface area contributed by atoms with Crippen LogP contribution in [0.4, 0.5) is 5.13 Å². The molecule has 0 atom stereocenters. The van der Waals surface area contributed by atoms with Crippen molar-refractivity contribution >= 4 is 38.7 Å². The van der Waals surface area contributed by atoms with E-state index in [1.165, 1.54) is 17.4 Å². The molecule has 0 aliphatic carbocycles. The van der Waals surface area contributed by atoms with Gasteiger partial charge in [-0.25, -0.2) is 4.98 Å². The topological polar surface area (TPSA) is 60.5 Å². The number of para-hydroxylation sites is 1. The van der Waals surface area contributed by atoms with Crippen LogP contribution in [0.15, 0.2) is 48.5 Å². The van der Waals surface area contributed by atoms with Gasteiger partial charge >= 0.3 is 0 Å². The second kappa shape index (κ2) is 8.49. The smallest absolute Gasteiger partial charge is 0.250 e. The number of hydrogen-bond donors (Lipinski definition) is 1. The van der Waals surface area contributed by atoms with Gasteiger partial charge in [-0.05, 0) is 49.8 Å². The van der Waals surface area contributed by atoms with Crippen molar-refractivity contribution in [3.63, 3.8) is 0 Å². The van der Waals surface area contributed by atoms with Gasteiger partial charge in [-0.2, -0.15) is 0 Å². The number of carbonyl (C=O) groups is 1. The van der Waals surface area contributed by atoms with Crippen LogP contribution in [0.2, 0.25) is 0 Å². The fourth-order valence-electron chi connectivity index (χ4n) is 2.42. The third-order valence-corrected chi connectivity index (χ3v) is 4.47. The molecule has 0 radical (unpaired) electrons. The average molecular weight is 368 g/mol. The van der Waals surface area contributed by atoms with Crippen molar-refractivity contribution in [2.75, 3.05) is 18.5 Å². The highest BCUT2D eigenvalue weighted by Gasteiger charge is 2.07. The fraction of sp³-hybridized carbons (Fsp3) is 0.200. The van der Waals surface area contributed by atoms with Crippen molar-refractivity contribution in [1.29, 1.82) is 0 Å². The third kappa shape index (κ3) is 4.40. The standard InChI is InChI=1S/C20H20N2O3S/c1-3-24-16-11-9-14(13-17(16)25-4-2)10-12-19(23)22-20-21-15-7-5-6-8-18(15)26-20/h5-13H,3-4H2,1-2H3,(H,21,22,23). The minimum Gasteiger partial charge on any atom is -0.490 e. The first-order valence-corrected chi connectivity index (χ1v) is 9.25. The molecule has 134 valence electrons. The van der Waals surface area contributed by atoms with E-state index < -0.39 is 0 Å². The summed E-state index contributed by atoms with van der Waals surface area (Å²) in [4.78, 5) is 16.5. The van der Waals surface area contributed by atoms with Crippen LogP contribution in [-0.2, 0) is 4.79 Å². The Morgan fingerprint density at radius 3 is 2.65 bits per heavy atom. The Hall–Kier alpha value is -2.86. The molecule has 0 unspecified atom stereocenters. The Morgan fingerprint density at radius 2 is 1.88 bits per heavy atom. The molecule has 3 rings (SSSR count). The van der Waals surface area contributed by atoms with E-state index in [-0.39, 0.29) is 5.91 Å². The van der Waals surface area contributed by atoms with Gasteiger partial charge in [0.05, 0.1) is 23.4 Å². The Labute approximate surface area is 156 Å². The summed E-state index contributed by atoms with van der Waals surface area (Å²) in [5.41, 5.74) is 1.74. The average Bonchev–Trinajstić information content (AvgIpc) is 3.04. The van der Waals surface area contributed by atoms with Crippen molar-refractivity contribution < 1.29 is 14.3 Å². The van der Waals surface area contributed by atoms with E-state index in [1.807, 2.05) is 56.3 Å². The van der Waals surface area contributed by atoms with Gasteiger partial charge in [0.1, 0.15) is 0 Å². The lowest BCUT2D eigenvalue weighted by molar-refractivity contribution is -0.111. The zero-order chi connectivity index (χ0) is 18.4. The van der Waals surface area contributed by atoms with E-state index in [1.54, 1.807) is 6.08 Å². The summed E-state index contributed by atoms with van der Waals surface area (Å²) in [5.74, 6) is 1.14. The van der Waals surface area contributed by atoms with Crippen LogP contribution < -0.4 is 14.8 Å². The first-order chi connectivity index (χ1) is 12.7. The van der Waals surface area contributed by atoms with Crippen LogP contribution in [0.5, 0.6) is 11.5 Å². The number of carbonyl (C=O) groups excluding carboxylic acids is 1. The number of aromatic nitrogens is 1. The van der Waals surface area contributed by atoms with Crippen molar-refractivity contribution in [3.05, 3.63) is 54.1 Å². The Balaban J connectivity index is 1.70. The number of fused-ring (bicyclic) bond motifs is 1. The molecule has 1 heterocycles. The number of nitrogens with zero attached hydrogens (tertiary/aromatic N) is 1. The van der Waals surface area contributed by atoms with Crippen LogP contribution in [-0.4, -0.2) is 24.1 Å². The Bertz CT molecular complexity index is 901. The normalized spacial score (nSPS) is 11.0. The van der Waals surface area contributed by atoms with E-state index in [4.69, 9.17) is 9.47 Å². The van der Waals surface area contributed by atoms with Crippen molar-refractivity contribution in [2.24, 2.45) is 0 Å². The van der Waals surface area contributed by atoms with Gasteiger partial charge in [0.2, 0.25) is 5.91 Å². The Kier molecular flexibility index (Phi) is 5.86. The van der Waals surface area contributed by atoms with Gasteiger partial charge in [-0.3, -0.25) is 10.1 Å². The lowest BCUT2D eigenvalue weighted by atomic mass is 10.2. The molecular formula is C20H20N2O3S. The number of thiazole rings is 1. The van der Waals surface area contributed by atoms with Gasteiger partial charge in [0, 0.05) is 6.08 Å². The zero-order valence-corrected chi connectivity index (χ0v) is 15.5. The second-order valence-electron chi connectivity index (χ2n) is 5.38. The quantitative estimate of drug-likeness (QED) is 0.612. The van der Waals surface area contributed by atoms with Crippen LogP contribution in [0.25, 0.3) is 16.3 Å². The number of benzene rings is 2. The molecule has 0 aliphatic heterocycles. The van der Waals surface area contributed by atoms with Crippen LogP contribution >= 0.6 is 11.3 Å². The summed E-state index contributed by atoms with van der Waals surface area (Å²) in [6.45, 7) is 4.96. The highest BCUT2D eigenvalue weighted by Crippen LogP contribution is 2.29.